The van der Waals surface area contributed by atoms with Crippen molar-refractivity contribution in [2.45, 2.75) is 46.5 Å². The van der Waals surface area contributed by atoms with Gasteiger partial charge in [0.25, 0.3) is 0 Å². The van der Waals surface area contributed by atoms with E-state index in [1.807, 2.05) is 6.92 Å². The number of rotatable bonds is 4. The van der Waals surface area contributed by atoms with Gasteiger partial charge in [0.15, 0.2) is 0 Å². The van der Waals surface area contributed by atoms with Crippen LogP contribution in [0.25, 0.3) is 0 Å². The van der Waals surface area contributed by atoms with E-state index >= 15 is 0 Å². The molecule has 0 fully saturated rings. The number of ketones is 1. The van der Waals surface area contributed by atoms with Crippen molar-refractivity contribution in [2.75, 3.05) is 6.61 Å². The van der Waals surface area contributed by atoms with Gasteiger partial charge in [0, 0.05) is 13.0 Å². The Labute approximate surface area is 69.6 Å². The van der Waals surface area contributed by atoms with Crippen LogP contribution in [-0.2, 0) is 4.79 Å². The summed E-state index contributed by atoms with van der Waals surface area (Å²) in [6.45, 7) is 6.01. The Morgan fingerprint density at radius 3 is 1.82 bits per heavy atom. The minimum absolute atomic E-state index is 0.289. The minimum Gasteiger partial charge on any atom is -0.396 e. The monoisotopic (exact) mass is 160 g/mol. The van der Waals surface area contributed by atoms with Crippen LogP contribution >= 0.6 is 0 Å². The molecule has 0 radical (unpaired) electrons. The van der Waals surface area contributed by atoms with E-state index in [1.165, 1.54) is 0 Å². The first kappa shape index (κ1) is 13.2. The molecule has 0 spiro atoms. The van der Waals surface area contributed by atoms with E-state index in [9.17, 15) is 4.79 Å². The van der Waals surface area contributed by atoms with Gasteiger partial charge in [0.05, 0.1) is 0 Å². The van der Waals surface area contributed by atoms with Crippen LogP contribution in [0.5, 0.6) is 0 Å². The van der Waals surface area contributed by atoms with Crippen molar-refractivity contribution in [2.24, 2.45) is 0 Å². The zero-order valence-electron chi connectivity index (χ0n) is 7.89. The molecule has 0 saturated heterocycles. The van der Waals surface area contributed by atoms with Gasteiger partial charge < -0.3 is 9.90 Å². The first-order chi connectivity index (χ1) is 5.18. The zero-order chi connectivity index (χ0) is 9.11. The molecule has 0 aliphatic carbocycles. The van der Waals surface area contributed by atoms with Crippen molar-refractivity contribution < 1.29 is 9.90 Å². The van der Waals surface area contributed by atoms with Gasteiger partial charge in [-0.25, -0.2) is 0 Å². The van der Waals surface area contributed by atoms with Crippen molar-refractivity contribution in [3.63, 3.8) is 0 Å². The second-order valence-electron chi connectivity index (χ2n) is 2.53. The van der Waals surface area contributed by atoms with Gasteiger partial charge in [-0.15, -0.1) is 0 Å². The predicted molar refractivity (Wildman–Crippen MR) is 47.6 cm³/mol. The number of hydrogen-bond donors (Lipinski definition) is 1. The molecule has 0 atom stereocenters. The Morgan fingerprint density at radius 1 is 1.27 bits per heavy atom. The Balaban J connectivity index is 0. The Morgan fingerprint density at radius 2 is 1.82 bits per heavy atom. The Kier molecular flexibility index (Phi) is 14.8. The predicted octanol–water partition coefficient (Wildman–Crippen LogP) is 2.15. The summed E-state index contributed by atoms with van der Waals surface area (Å²) >= 11 is 0. The number of unbranched alkanes of at least 4 members (excludes halogenated alkanes) is 1. The molecule has 2 nitrogen and oxygen atoms in total. The van der Waals surface area contributed by atoms with Crippen molar-refractivity contribution in [1.29, 1.82) is 0 Å². The normalized spacial score (nSPS) is 8.36. The number of hydrogen-bond acceptors (Lipinski definition) is 2. The van der Waals surface area contributed by atoms with E-state index in [4.69, 9.17) is 5.11 Å². The molecular weight excluding hydrogens is 140 g/mol. The third-order valence-corrected chi connectivity index (χ3v) is 1.11. The lowest BCUT2D eigenvalue weighted by Gasteiger charge is -1.80. The van der Waals surface area contributed by atoms with Crippen molar-refractivity contribution in [3.05, 3.63) is 0 Å². The lowest BCUT2D eigenvalue weighted by molar-refractivity contribution is -0.117. The molecule has 0 rings (SSSR count). The third kappa shape index (κ3) is 26.2. The average Bonchev–Trinajstić information content (AvgIpc) is 1.90. The van der Waals surface area contributed by atoms with E-state index in [1.54, 1.807) is 6.92 Å². The quantitative estimate of drug-likeness (QED) is 0.684. The van der Waals surface area contributed by atoms with Crippen LogP contribution in [0.15, 0.2) is 0 Å². The lowest BCUT2D eigenvalue weighted by atomic mass is 10.3. The molecule has 0 unspecified atom stereocenters. The summed E-state index contributed by atoms with van der Waals surface area (Å²) in [7, 11) is 0. The van der Waals surface area contributed by atoms with Gasteiger partial charge in [0.2, 0.25) is 0 Å². The van der Waals surface area contributed by atoms with Crippen LogP contribution < -0.4 is 0 Å². The number of aliphatic hydroxyl groups excluding tert-OH is 1. The Bertz CT molecular complexity index is 77.6. The van der Waals surface area contributed by atoms with E-state index in [2.05, 4.69) is 6.92 Å². The van der Waals surface area contributed by atoms with Crippen molar-refractivity contribution in [1.82, 2.24) is 0 Å². The summed E-state index contributed by atoms with van der Waals surface area (Å²) < 4.78 is 0. The number of aliphatic hydroxyl groups is 1. The molecule has 0 aromatic rings. The fourth-order valence-corrected chi connectivity index (χ4v) is 0.510. The maximum atomic E-state index is 10.0. The average molecular weight is 160 g/mol. The van der Waals surface area contributed by atoms with Crippen molar-refractivity contribution >= 4 is 5.78 Å². The van der Waals surface area contributed by atoms with Gasteiger partial charge in [-0.1, -0.05) is 20.3 Å². The molecule has 0 aromatic heterocycles. The maximum absolute atomic E-state index is 10.0. The van der Waals surface area contributed by atoms with Crippen LogP contribution in [0.1, 0.15) is 46.5 Å². The highest BCUT2D eigenvalue weighted by Gasteiger charge is 1.83. The van der Waals surface area contributed by atoms with Crippen LogP contribution in [0.2, 0.25) is 0 Å². The SMILES string of the molecule is CCCC(C)=O.CCCCO. The van der Waals surface area contributed by atoms with Gasteiger partial charge in [-0.3, -0.25) is 0 Å². The number of carbonyl (C=O) groups is 1. The molecule has 1 N–H and O–H groups in total. The molecule has 0 amide bonds. The molecular formula is C9H20O2. The van der Waals surface area contributed by atoms with Gasteiger partial charge in [-0.2, -0.15) is 0 Å². The molecule has 0 heterocycles. The second kappa shape index (κ2) is 12.3. The molecule has 0 aliphatic rings. The van der Waals surface area contributed by atoms with E-state index in [0.29, 0.717) is 6.61 Å². The standard InChI is InChI=1S/C5H10O.C4H10O/c1-3-4-5(2)6;1-2-3-4-5/h3-4H2,1-2H3;5H,2-4H2,1H3. The van der Waals surface area contributed by atoms with Crippen LogP contribution in [0.3, 0.4) is 0 Å². The summed E-state index contributed by atoms with van der Waals surface area (Å²) in [6.07, 6.45) is 3.76. The van der Waals surface area contributed by atoms with Crippen LogP contribution in [0.4, 0.5) is 0 Å². The maximum Gasteiger partial charge on any atom is 0.129 e. The van der Waals surface area contributed by atoms with Gasteiger partial charge >= 0.3 is 0 Å². The largest absolute Gasteiger partial charge is 0.396 e. The molecule has 0 aromatic carbocycles. The second-order valence-corrected chi connectivity index (χ2v) is 2.53. The number of carbonyl (C=O) groups excluding carboxylic acids is 1. The van der Waals surface area contributed by atoms with E-state index in [-0.39, 0.29) is 5.78 Å². The molecule has 68 valence electrons. The fourth-order valence-electron chi connectivity index (χ4n) is 0.510. The molecule has 0 bridgehead atoms. The fraction of sp³-hybridized carbons (Fsp3) is 0.889. The zero-order valence-corrected chi connectivity index (χ0v) is 7.89. The molecule has 0 saturated carbocycles. The highest BCUT2D eigenvalue weighted by atomic mass is 16.2. The minimum atomic E-state index is 0.289. The summed E-state index contributed by atoms with van der Waals surface area (Å²) in [6, 6.07) is 0. The summed E-state index contributed by atoms with van der Waals surface area (Å²) in [5.41, 5.74) is 0. The first-order valence-corrected chi connectivity index (χ1v) is 4.29. The Hall–Kier alpha value is -0.370. The van der Waals surface area contributed by atoms with Gasteiger partial charge in [-0.05, 0) is 19.8 Å². The highest BCUT2D eigenvalue weighted by Crippen LogP contribution is 1.84. The summed E-state index contributed by atoms with van der Waals surface area (Å²) in [5, 5.41) is 8.07. The first-order valence-electron chi connectivity index (χ1n) is 4.29. The highest BCUT2D eigenvalue weighted by molar-refractivity contribution is 5.75. The van der Waals surface area contributed by atoms with Gasteiger partial charge in [0.1, 0.15) is 5.78 Å². The van der Waals surface area contributed by atoms with Crippen LogP contribution in [-0.4, -0.2) is 17.5 Å². The summed E-state index contributed by atoms with van der Waals surface area (Å²) in [4.78, 5) is 10.0. The lowest BCUT2D eigenvalue weighted by Crippen LogP contribution is -1.84. The molecule has 11 heavy (non-hydrogen) atoms. The number of Topliss-reactive ketones (excluding diaryl/α,β-unsaturated/α-hetero) is 1. The third-order valence-electron chi connectivity index (χ3n) is 1.11. The smallest absolute Gasteiger partial charge is 0.129 e. The van der Waals surface area contributed by atoms with Crippen molar-refractivity contribution in [3.8, 4) is 0 Å². The van der Waals surface area contributed by atoms with Crippen LogP contribution in [0, 0.1) is 0 Å². The molecule has 2 heteroatoms. The topological polar surface area (TPSA) is 37.3 Å². The van der Waals surface area contributed by atoms with E-state index < -0.39 is 0 Å². The summed E-state index contributed by atoms with van der Waals surface area (Å²) in [5.74, 6) is 0.289. The van der Waals surface area contributed by atoms with E-state index in [0.717, 1.165) is 25.7 Å². The molecule has 0 aliphatic heterocycles.